The molecule has 4 nitrogen and oxygen atoms in total. The third-order valence-electron chi connectivity index (χ3n) is 2.93. The van der Waals surface area contributed by atoms with Gasteiger partial charge in [0.05, 0.1) is 26.0 Å². The standard InChI is InChI=1S/C16H26O4P/c1-3-19-21(17,20-4-2)15-11-6-5-10-14-18-16-12-8-7-9-13-16/h8-9,12-13H,3-6,10-11,14-15H2,1-2H3. The predicted molar refractivity (Wildman–Crippen MR) is 85.0 cm³/mol. The summed E-state index contributed by atoms with van der Waals surface area (Å²) in [6.07, 6.45) is 4.42. The topological polar surface area (TPSA) is 44.8 Å². The molecule has 0 bridgehead atoms. The van der Waals surface area contributed by atoms with Crippen LogP contribution in [0.5, 0.6) is 5.75 Å². The van der Waals surface area contributed by atoms with E-state index in [1.165, 1.54) is 0 Å². The van der Waals surface area contributed by atoms with Gasteiger partial charge in [-0.3, -0.25) is 4.57 Å². The molecular weight excluding hydrogens is 287 g/mol. The molecule has 1 radical (unpaired) electrons. The number of ether oxygens (including phenoxy) is 1. The van der Waals surface area contributed by atoms with Crippen LogP contribution in [0.1, 0.15) is 39.5 Å². The number of hydrogen-bond donors (Lipinski definition) is 0. The lowest BCUT2D eigenvalue weighted by atomic mass is 10.2. The van der Waals surface area contributed by atoms with Gasteiger partial charge in [0.2, 0.25) is 0 Å². The maximum Gasteiger partial charge on any atom is 0.330 e. The fourth-order valence-electron chi connectivity index (χ4n) is 1.98. The Labute approximate surface area is 128 Å². The monoisotopic (exact) mass is 313 g/mol. The smallest absolute Gasteiger partial charge is 0.330 e. The molecule has 1 aromatic rings. The van der Waals surface area contributed by atoms with E-state index in [-0.39, 0.29) is 0 Å². The van der Waals surface area contributed by atoms with E-state index in [0.29, 0.717) is 26.0 Å². The van der Waals surface area contributed by atoms with Gasteiger partial charge < -0.3 is 13.8 Å². The summed E-state index contributed by atoms with van der Waals surface area (Å²) in [4.78, 5) is 0. The van der Waals surface area contributed by atoms with Crippen LogP contribution in [-0.2, 0) is 13.6 Å². The molecule has 1 aromatic carbocycles. The van der Waals surface area contributed by atoms with Gasteiger partial charge in [-0.15, -0.1) is 0 Å². The molecule has 119 valence electrons. The van der Waals surface area contributed by atoms with Crippen molar-refractivity contribution in [2.24, 2.45) is 0 Å². The van der Waals surface area contributed by atoms with Crippen LogP contribution in [0.25, 0.3) is 0 Å². The van der Waals surface area contributed by atoms with Crippen molar-refractivity contribution in [2.75, 3.05) is 26.0 Å². The van der Waals surface area contributed by atoms with Crippen LogP contribution in [0.15, 0.2) is 24.3 Å². The number of unbranched alkanes of at least 4 members (excludes halogenated alkanes) is 3. The molecule has 0 aliphatic rings. The summed E-state index contributed by atoms with van der Waals surface area (Å²) in [5.74, 6) is 0.881. The van der Waals surface area contributed by atoms with E-state index in [9.17, 15) is 4.57 Å². The Balaban J connectivity index is 2.07. The summed E-state index contributed by atoms with van der Waals surface area (Å²) in [5, 5.41) is 0. The van der Waals surface area contributed by atoms with E-state index in [0.717, 1.165) is 31.4 Å². The van der Waals surface area contributed by atoms with Crippen LogP contribution < -0.4 is 4.74 Å². The summed E-state index contributed by atoms with van der Waals surface area (Å²) in [7, 11) is -2.86. The second kappa shape index (κ2) is 10.8. The quantitative estimate of drug-likeness (QED) is 0.415. The first-order chi connectivity index (χ1) is 10.2. The highest BCUT2D eigenvalue weighted by atomic mass is 31.2. The maximum atomic E-state index is 12.2. The second-order valence-corrected chi connectivity index (χ2v) is 6.85. The molecule has 0 aliphatic heterocycles. The predicted octanol–water partition coefficient (Wildman–Crippen LogP) is 4.69. The van der Waals surface area contributed by atoms with Gasteiger partial charge in [0.1, 0.15) is 5.75 Å². The lowest BCUT2D eigenvalue weighted by molar-refractivity contribution is 0.219. The molecule has 1 rings (SSSR count). The van der Waals surface area contributed by atoms with E-state index in [2.05, 4.69) is 6.07 Å². The summed E-state index contributed by atoms with van der Waals surface area (Å²) >= 11 is 0. The minimum atomic E-state index is -2.86. The number of rotatable bonds is 12. The zero-order valence-electron chi connectivity index (χ0n) is 13.0. The van der Waals surface area contributed by atoms with Crippen molar-refractivity contribution in [3.05, 3.63) is 30.3 Å². The highest BCUT2D eigenvalue weighted by Crippen LogP contribution is 2.48. The molecule has 0 spiro atoms. The van der Waals surface area contributed by atoms with Gasteiger partial charge in [-0.25, -0.2) is 0 Å². The van der Waals surface area contributed by atoms with E-state index >= 15 is 0 Å². The molecule has 0 unspecified atom stereocenters. The molecule has 0 saturated carbocycles. The van der Waals surface area contributed by atoms with Crippen molar-refractivity contribution in [1.29, 1.82) is 0 Å². The molecule has 0 aromatic heterocycles. The Morgan fingerprint density at radius 1 is 1.00 bits per heavy atom. The average Bonchev–Trinajstić information content (AvgIpc) is 2.48. The van der Waals surface area contributed by atoms with Gasteiger partial charge in [0.25, 0.3) is 0 Å². The van der Waals surface area contributed by atoms with E-state index in [1.54, 1.807) is 0 Å². The van der Waals surface area contributed by atoms with E-state index in [4.69, 9.17) is 13.8 Å². The van der Waals surface area contributed by atoms with Crippen molar-refractivity contribution in [2.45, 2.75) is 39.5 Å². The minimum absolute atomic E-state index is 0.430. The van der Waals surface area contributed by atoms with Gasteiger partial charge >= 0.3 is 7.60 Å². The van der Waals surface area contributed by atoms with Crippen LogP contribution >= 0.6 is 7.60 Å². The summed E-state index contributed by atoms with van der Waals surface area (Å²) in [6, 6.07) is 10.4. The molecule has 0 fully saturated rings. The van der Waals surface area contributed by atoms with Crippen molar-refractivity contribution >= 4 is 7.60 Å². The maximum absolute atomic E-state index is 12.2. The summed E-state index contributed by atoms with van der Waals surface area (Å²) in [5.41, 5.74) is 0. The molecule has 5 heteroatoms. The van der Waals surface area contributed by atoms with Crippen LogP contribution in [-0.4, -0.2) is 26.0 Å². The zero-order chi connectivity index (χ0) is 15.4. The molecule has 0 heterocycles. The Kier molecular flexibility index (Phi) is 9.40. The van der Waals surface area contributed by atoms with Crippen molar-refractivity contribution in [3.63, 3.8) is 0 Å². The van der Waals surface area contributed by atoms with E-state index in [1.807, 2.05) is 38.1 Å². The molecule has 0 N–H and O–H groups in total. The first-order valence-corrected chi connectivity index (χ1v) is 9.40. The van der Waals surface area contributed by atoms with E-state index < -0.39 is 7.60 Å². The van der Waals surface area contributed by atoms with Crippen molar-refractivity contribution in [1.82, 2.24) is 0 Å². The first-order valence-electron chi connectivity index (χ1n) is 7.67. The second-order valence-electron chi connectivity index (χ2n) is 4.67. The average molecular weight is 313 g/mol. The Hall–Kier alpha value is -0.830. The lowest BCUT2D eigenvalue weighted by Crippen LogP contribution is -2.01. The van der Waals surface area contributed by atoms with Gasteiger partial charge in [-0.1, -0.05) is 25.0 Å². The minimum Gasteiger partial charge on any atom is -0.494 e. The SMILES string of the molecule is CCOP(=O)(CCCCCCOc1cc[c]cc1)OCC. The summed E-state index contributed by atoms with van der Waals surface area (Å²) in [6.45, 7) is 5.24. The third kappa shape index (κ3) is 8.25. The molecule has 0 aliphatic carbocycles. The third-order valence-corrected chi connectivity index (χ3v) is 5.10. The molecule has 0 saturated heterocycles. The van der Waals surface area contributed by atoms with Crippen molar-refractivity contribution < 1.29 is 18.3 Å². The number of benzene rings is 1. The highest BCUT2D eigenvalue weighted by Gasteiger charge is 2.22. The normalized spacial score (nSPS) is 11.5. The largest absolute Gasteiger partial charge is 0.494 e. The molecule has 0 amide bonds. The number of hydrogen-bond acceptors (Lipinski definition) is 4. The van der Waals surface area contributed by atoms with Gasteiger partial charge in [0, 0.05) is 0 Å². The Bertz CT molecular complexity index is 398. The fourth-order valence-corrected chi connectivity index (χ4v) is 3.71. The first kappa shape index (κ1) is 18.2. The Morgan fingerprint density at radius 3 is 2.24 bits per heavy atom. The Morgan fingerprint density at radius 2 is 1.62 bits per heavy atom. The zero-order valence-corrected chi connectivity index (χ0v) is 13.9. The van der Waals surface area contributed by atoms with Crippen LogP contribution in [0.2, 0.25) is 0 Å². The molecule has 0 atom stereocenters. The lowest BCUT2D eigenvalue weighted by Gasteiger charge is -2.16. The van der Waals surface area contributed by atoms with Crippen LogP contribution in [0.3, 0.4) is 0 Å². The fraction of sp³-hybridized carbons (Fsp3) is 0.625. The van der Waals surface area contributed by atoms with Crippen molar-refractivity contribution in [3.8, 4) is 5.75 Å². The van der Waals surface area contributed by atoms with Gasteiger partial charge in [0.15, 0.2) is 0 Å². The highest BCUT2D eigenvalue weighted by molar-refractivity contribution is 7.53. The molecular formula is C16H26O4P. The van der Waals surface area contributed by atoms with Crippen LogP contribution in [0.4, 0.5) is 0 Å². The van der Waals surface area contributed by atoms with Gasteiger partial charge in [-0.05, 0) is 44.9 Å². The molecule has 21 heavy (non-hydrogen) atoms. The summed E-state index contributed by atoms with van der Waals surface area (Å²) < 4.78 is 28.3. The van der Waals surface area contributed by atoms with Gasteiger partial charge in [-0.2, -0.15) is 0 Å². The van der Waals surface area contributed by atoms with Crippen LogP contribution in [0, 0.1) is 6.07 Å².